The molecule has 0 aliphatic heterocycles. The van der Waals surface area contributed by atoms with E-state index in [0.29, 0.717) is 14.9 Å². The van der Waals surface area contributed by atoms with Gasteiger partial charge in [0.15, 0.2) is 5.69 Å². The number of anilines is 1. The van der Waals surface area contributed by atoms with Gasteiger partial charge in [-0.2, -0.15) is 8.42 Å². The van der Waals surface area contributed by atoms with E-state index in [4.69, 9.17) is 5.11 Å². The van der Waals surface area contributed by atoms with Gasteiger partial charge in [0, 0.05) is 0 Å². The zero-order valence-electron chi connectivity index (χ0n) is 10.9. The minimum absolute atomic E-state index is 0.119. The lowest BCUT2D eigenvalue weighted by atomic mass is 10.2. The number of aromatic carboxylic acids is 1. The highest BCUT2D eigenvalue weighted by atomic mass is 32.2. The van der Waals surface area contributed by atoms with E-state index in [-0.39, 0.29) is 11.5 Å². The first kappa shape index (κ1) is 15.4. The number of carboxylic acids is 1. The standard InChI is InChI=1S/C12H12N2O5S2/c1-8-13-10(12(15)16)11(20-8)14(21(17,18)19)7-9-5-3-2-4-6-9/h2-6H,7H2,1H3,(H,15,16)(H,17,18,19). The zero-order valence-corrected chi connectivity index (χ0v) is 12.6. The molecule has 0 aliphatic rings. The first-order valence-corrected chi connectivity index (χ1v) is 8.00. The lowest BCUT2D eigenvalue weighted by Gasteiger charge is -2.19. The first-order valence-electron chi connectivity index (χ1n) is 5.79. The maximum Gasteiger partial charge on any atom is 0.360 e. The normalized spacial score (nSPS) is 11.3. The molecular formula is C12H12N2O5S2. The van der Waals surface area contributed by atoms with Crippen LogP contribution in [0.2, 0.25) is 0 Å². The Balaban J connectivity index is 2.50. The van der Waals surface area contributed by atoms with Crippen LogP contribution >= 0.6 is 11.3 Å². The Morgan fingerprint density at radius 1 is 1.33 bits per heavy atom. The van der Waals surface area contributed by atoms with Crippen LogP contribution in [-0.4, -0.2) is 29.0 Å². The number of thiazole rings is 1. The number of aromatic nitrogens is 1. The van der Waals surface area contributed by atoms with Gasteiger partial charge in [-0.3, -0.25) is 4.55 Å². The van der Waals surface area contributed by atoms with Crippen LogP contribution < -0.4 is 4.31 Å². The average molecular weight is 328 g/mol. The number of nitrogens with zero attached hydrogens (tertiary/aromatic N) is 2. The quantitative estimate of drug-likeness (QED) is 0.812. The van der Waals surface area contributed by atoms with Crippen molar-refractivity contribution in [2.75, 3.05) is 4.31 Å². The van der Waals surface area contributed by atoms with E-state index >= 15 is 0 Å². The third-order valence-corrected chi connectivity index (χ3v) is 4.57. The van der Waals surface area contributed by atoms with Gasteiger partial charge >= 0.3 is 16.3 Å². The largest absolute Gasteiger partial charge is 0.476 e. The van der Waals surface area contributed by atoms with E-state index in [0.717, 1.165) is 11.3 Å². The molecule has 1 heterocycles. The third kappa shape index (κ3) is 3.57. The molecule has 2 aromatic rings. The summed E-state index contributed by atoms with van der Waals surface area (Å²) in [5.41, 5.74) is 0.212. The number of aryl methyl sites for hydroxylation is 1. The molecule has 0 saturated carbocycles. The molecule has 7 nitrogen and oxygen atoms in total. The number of carboxylic acid groups (broad SMARTS) is 1. The maximum absolute atomic E-state index is 11.6. The van der Waals surface area contributed by atoms with E-state index in [1.165, 1.54) is 0 Å². The predicted molar refractivity (Wildman–Crippen MR) is 78.0 cm³/mol. The molecular weight excluding hydrogens is 316 g/mol. The number of carbonyl (C=O) groups is 1. The SMILES string of the molecule is Cc1nc(C(=O)O)c(N(Cc2ccccc2)S(=O)(=O)O)s1. The average Bonchev–Trinajstić information content (AvgIpc) is 2.78. The summed E-state index contributed by atoms with van der Waals surface area (Å²) in [4.78, 5) is 14.9. The van der Waals surface area contributed by atoms with Crippen molar-refractivity contribution in [3.05, 3.63) is 46.6 Å². The summed E-state index contributed by atoms with van der Waals surface area (Å²) in [7, 11) is -4.62. The lowest BCUT2D eigenvalue weighted by Crippen LogP contribution is -2.30. The Hall–Kier alpha value is -1.97. The number of benzene rings is 1. The third-order valence-electron chi connectivity index (χ3n) is 2.59. The fraction of sp³-hybridized carbons (Fsp3) is 0.167. The lowest BCUT2D eigenvalue weighted by molar-refractivity contribution is 0.0692. The van der Waals surface area contributed by atoms with E-state index in [1.807, 2.05) is 0 Å². The maximum atomic E-state index is 11.6. The van der Waals surface area contributed by atoms with Gasteiger partial charge in [0.05, 0.1) is 11.6 Å². The molecule has 0 radical (unpaired) electrons. The Bertz CT molecular complexity index is 755. The van der Waals surface area contributed by atoms with Gasteiger partial charge in [-0.1, -0.05) is 41.7 Å². The summed E-state index contributed by atoms with van der Waals surface area (Å²) in [6.45, 7) is 1.38. The monoisotopic (exact) mass is 328 g/mol. The van der Waals surface area contributed by atoms with Crippen LogP contribution in [0.4, 0.5) is 5.00 Å². The van der Waals surface area contributed by atoms with Gasteiger partial charge in [0.2, 0.25) is 0 Å². The second-order valence-corrected chi connectivity index (χ2v) is 6.68. The molecule has 1 aromatic heterocycles. The van der Waals surface area contributed by atoms with Crippen molar-refractivity contribution in [3.63, 3.8) is 0 Å². The summed E-state index contributed by atoms with van der Waals surface area (Å²) in [6.07, 6.45) is 0. The van der Waals surface area contributed by atoms with Gasteiger partial charge in [-0.25, -0.2) is 14.1 Å². The summed E-state index contributed by atoms with van der Waals surface area (Å²) in [5.74, 6) is -1.35. The van der Waals surface area contributed by atoms with Crippen LogP contribution in [0.3, 0.4) is 0 Å². The molecule has 9 heteroatoms. The fourth-order valence-corrected chi connectivity index (χ4v) is 3.55. The Labute approximate surface area is 125 Å². The summed E-state index contributed by atoms with van der Waals surface area (Å²) in [6, 6.07) is 8.54. The van der Waals surface area contributed by atoms with Gasteiger partial charge in [0.25, 0.3) is 0 Å². The van der Waals surface area contributed by atoms with Crippen molar-refractivity contribution in [2.45, 2.75) is 13.5 Å². The summed E-state index contributed by atoms with van der Waals surface area (Å²) < 4.78 is 33.2. The molecule has 0 amide bonds. The van der Waals surface area contributed by atoms with Gasteiger partial charge < -0.3 is 5.11 Å². The molecule has 0 fully saturated rings. The highest BCUT2D eigenvalue weighted by molar-refractivity contribution is 7.87. The number of hydrogen-bond donors (Lipinski definition) is 2. The minimum atomic E-state index is -4.62. The van der Waals surface area contributed by atoms with Gasteiger partial charge in [-0.15, -0.1) is 0 Å². The van der Waals surface area contributed by atoms with Crippen molar-refractivity contribution in [1.29, 1.82) is 0 Å². The van der Waals surface area contributed by atoms with Crippen molar-refractivity contribution in [2.24, 2.45) is 0 Å². The van der Waals surface area contributed by atoms with Crippen molar-refractivity contribution < 1.29 is 22.9 Å². The van der Waals surface area contributed by atoms with Crippen LogP contribution in [0.1, 0.15) is 21.1 Å². The summed E-state index contributed by atoms with van der Waals surface area (Å²) >= 11 is 0.892. The molecule has 21 heavy (non-hydrogen) atoms. The number of hydrogen-bond acceptors (Lipinski definition) is 5. The van der Waals surface area contributed by atoms with Crippen molar-refractivity contribution >= 4 is 32.6 Å². The highest BCUT2D eigenvalue weighted by Gasteiger charge is 2.28. The smallest absolute Gasteiger partial charge is 0.360 e. The van der Waals surface area contributed by atoms with Crippen LogP contribution in [-0.2, 0) is 16.8 Å². The van der Waals surface area contributed by atoms with Crippen molar-refractivity contribution in [1.82, 2.24) is 4.98 Å². The van der Waals surface area contributed by atoms with Crippen LogP contribution in [0, 0.1) is 6.92 Å². The molecule has 0 spiro atoms. The van der Waals surface area contributed by atoms with E-state index < -0.39 is 22.0 Å². The Morgan fingerprint density at radius 3 is 2.48 bits per heavy atom. The van der Waals surface area contributed by atoms with E-state index in [2.05, 4.69) is 4.98 Å². The molecule has 0 aliphatic carbocycles. The van der Waals surface area contributed by atoms with E-state index in [1.54, 1.807) is 37.3 Å². The highest BCUT2D eigenvalue weighted by Crippen LogP contribution is 2.31. The van der Waals surface area contributed by atoms with Crippen LogP contribution in [0.5, 0.6) is 0 Å². The second kappa shape index (κ2) is 5.80. The van der Waals surface area contributed by atoms with E-state index in [9.17, 15) is 17.8 Å². The molecule has 0 saturated heterocycles. The molecule has 0 unspecified atom stereocenters. The first-order chi connectivity index (χ1) is 9.79. The van der Waals surface area contributed by atoms with Gasteiger partial charge in [0.1, 0.15) is 5.00 Å². The summed E-state index contributed by atoms with van der Waals surface area (Å²) in [5, 5.41) is 9.37. The number of rotatable bonds is 5. The minimum Gasteiger partial charge on any atom is -0.476 e. The molecule has 0 atom stereocenters. The zero-order chi connectivity index (χ0) is 15.6. The van der Waals surface area contributed by atoms with Crippen LogP contribution in [0.25, 0.3) is 0 Å². The van der Waals surface area contributed by atoms with Gasteiger partial charge in [-0.05, 0) is 12.5 Å². The molecule has 2 N–H and O–H groups in total. The second-order valence-electron chi connectivity index (χ2n) is 4.16. The van der Waals surface area contributed by atoms with Crippen molar-refractivity contribution in [3.8, 4) is 0 Å². The predicted octanol–water partition coefficient (Wildman–Crippen LogP) is 1.96. The molecule has 2 rings (SSSR count). The van der Waals surface area contributed by atoms with Crippen LogP contribution in [0.15, 0.2) is 30.3 Å². The fourth-order valence-electron chi connectivity index (χ4n) is 1.73. The molecule has 112 valence electrons. The molecule has 1 aromatic carbocycles. The topological polar surface area (TPSA) is 108 Å². The Kier molecular flexibility index (Phi) is 4.26. The molecule has 0 bridgehead atoms. The Morgan fingerprint density at radius 2 is 1.95 bits per heavy atom.